The Labute approximate surface area is 123 Å². The third kappa shape index (κ3) is 3.05. The van der Waals surface area contributed by atoms with Crippen molar-refractivity contribution < 1.29 is 9.18 Å². The predicted molar refractivity (Wildman–Crippen MR) is 82.0 cm³/mol. The lowest BCUT2D eigenvalue weighted by Gasteiger charge is -2.30. The summed E-state index contributed by atoms with van der Waals surface area (Å²) in [6.45, 7) is 1.09. The van der Waals surface area contributed by atoms with Crippen LogP contribution < -0.4 is 10.2 Å². The largest absolute Gasteiger partial charge is 0.362 e. The number of benzene rings is 2. The smallest absolute Gasteiger partial charge is 0.243 e. The third-order valence-electron chi connectivity index (χ3n) is 3.69. The van der Waals surface area contributed by atoms with Crippen LogP contribution in [0.2, 0.25) is 0 Å². The number of fused-ring (bicyclic) bond motifs is 1. The molecule has 0 unspecified atom stereocenters. The van der Waals surface area contributed by atoms with Gasteiger partial charge in [-0.3, -0.25) is 4.79 Å². The molecule has 108 valence electrons. The van der Waals surface area contributed by atoms with Crippen molar-refractivity contribution in [1.29, 1.82) is 0 Å². The van der Waals surface area contributed by atoms with Crippen LogP contribution in [0.5, 0.6) is 0 Å². The van der Waals surface area contributed by atoms with Gasteiger partial charge in [-0.1, -0.05) is 30.3 Å². The second-order valence-corrected chi connectivity index (χ2v) is 5.18. The lowest BCUT2D eigenvalue weighted by atomic mass is 10.0. The molecule has 1 aliphatic rings. The normalized spacial score (nSPS) is 13.7. The van der Waals surface area contributed by atoms with E-state index in [0.29, 0.717) is 0 Å². The highest BCUT2D eigenvalue weighted by Crippen LogP contribution is 2.26. The number of carbonyl (C=O) groups is 1. The van der Waals surface area contributed by atoms with Gasteiger partial charge in [0.25, 0.3) is 0 Å². The quantitative estimate of drug-likeness (QED) is 0.938. The molecule has 1 N–H and O–H groups in total. The van der Waals surface area contributed by atoms with E-state index in [-0.39, 0.29) is 18.1 Å². The average Bonchev–Trinajstić information content (AvgIpc) is 2.50. The zero-order valence-corrected chi connectivity index (χ0v) is 11.7. The molecule has 1 amide bonds. The minimum atomic E-state index is -0.412. The van der Waals surface area contributed by atoms with Crippen molar-refractivity contribution in [2.75, 3.05) is 23.3 Å². The van der Waals surface area contributed by atoms with Crippen LogP contribution in [-0.4, -0.2) is 19.0 Å². The highest BCUT2D eigenvalue weighted by Gasteiger charge is 2.18. The summed E-state index contributed by atoms with van der Waals surface area (Å²) in [6.07, 6.45) is 2.07. The first-order chi connectivity index (χ1) is 10.2. The molecule has 3 rings (SSSR count). The zero-order chi connectivity index (χ0) is 14.7. The fraction of sp³-hybridized carbons (Fsp3) is 0.235. The molecule has 0 aromatic heterocycles. The van der Waals surface area contributed by atoms with Gasteiger partial charge in [-0.25, -0.2) is 4.39 Å². The van der Waals surface area contributed by atoms with Gasteiger partial charge in [0.15, 0.2) is 0 Å². The van der Waals surface area contributed by atoms with Gasteiger partial charge < -0.3 is 10.2 Å². The first-order valence-corrected chi connectivity index (χ1v) is 7.11. The number of nitrogens with zero attached hydrogens (tertiary/aromatic N) is 1. The summed E-state index contributed by atoms with van der Waals surface area (Å²) in [5, 5.41) is 2.63. The molecule has 0 atom stereocenters. The third-order valence-corrected chi connectivity index (χ3v) is 3.69. The van der Waals surface area contributed by atoms with Crippen molar-refractivity contribution in [3.8, 4) is 0 Å². The second kappa shape index (κ2) is 5.95. The number of hydrogen-bond acceptors (Lipinski definition) is 2. The summed E-state index contributed by atoms with van der Waals surface area (Å²) in [5.74, 6) is -0.610. The molecule has 21 heavy (non-hydrogen) atoms. The van der Waals surface area contributed by atoms with Crippen molar-refractivity contribution in [3.05, 3.63) is 59.9 Å². The Morgan fingerprint density at radius 3 is 2.76 bits per heavy atom. The molecular formula is C17H17FN2O. The fourth-order valence-electron chi connectivity index (χ4n) is 2.70. The second-order valence-electron chi connectivity index (χ2n) is 5.18. The minimum Gasteiger partial charge on any atom is -0.362 e. The first kappa shape index (κ1) is 13.6. The predicted octanol–water partition coefficient (Wildman–Crippen LogP) is 3.22. The van der Waals surface area contributed by atoms with Crippen LogP contribution in [0.15, 0.2) is 48.5 Å². The number of hydrogen-bond donors (Lipinski definition) is 1. The van der Waals surface area contributed by atoms with Crippen molar-refractivity contribution in [1.82, 2.24) is 0 Å². The minimum absolute atomic E-state index is 0.197. The number of amides is 1. The van der Waals surface area contributed by atoms with Crippen LogP contribution in [0.1, 0.15) is 12.0 Å². The summed E-state index contributed by atoms with van der Waals surface area (Å²) >= 11 is 0. The highest BCUT2D eigenvalue weighted by atomic mass is 19.1. The van der Waals surface area contributed by atoms with Gasteiger partial charge in [0.2, 0.25) is 5.91 Å². The maximum atomic E-state index is 13.5. The van der Waals surface area contributed by atoms with Crippen LogP contribution >= 0.6 is 0 Å². The number of carbonyl (C=O) groups excluding carboxylic acids is 1. The highest BCUT2D eigenvalue weighted by molar-refractivity contribution is 5.94. The van der Waals surface area contributed by atoms with Crippen molar-refractivity contribution in [2.45, 2.75) is 12.8 Å². The molecule has 2 aromatic carbocycles. The molecule has 4 heteroatoms. The molecule has 0 spiro atoms. The Hall–Kier alpha value is -2.36. The summed E-state index contributed by atoms with van der Waals surface area (Å²) < 4.78 is 13.5. The van der Waals surface area contributed by atoms with Crippen LogP contribution in [0.25, 0.3) is 0 Å². The molecule has 0 aliphatic carbocycles. The van der Waals surface area contributed by atoms with Gasteiger partial charge in [0.1, 0.15) is 5.82 Å². The molecule has 0 saturated heterocycles. The molecule has 3 nitrogen and oxygen atoms in total. The van der Waals surface area contributed by atoms with E-state index < -0.39 is 5.82 Å². The van der Waals surface area contributed by atoms with Crippen molar-refractivity contribution >= 4 is 17.3 Å². The van der Waals surface area contributed by atoms with Crippen molar-refractivity contribution in [3.63, 3.8) is 0 Å². The molecule has 0 bridgehead atoms. The Kier molecular flexibility index (Phi) is 3.86. The zero-order valence-electron chi connectivity index (χ0n) is 11.7. The molecule has 0 saturated carbocycles. The van der Waals surface area contributed by atoms with Gasteiger partial charge in [-0.05, 0) is 36.6 Å². The van der Waals surface area contributed by atoms with Gasteiger partial charge >= 0.3 is 0 Å². The van der Waals surface area contributed by atoms with E-state index in [1.807, 2.05) is 18.2 Å². The maximum Gasteiger partial charge on any atom is 0.243 e. The van der Waals surface area contributed by atoms with Crippen LogP contribution in [0.4, 0.5) is 15.8 Å². The Bertz CT molecular complexity index is 657. The monoisotopic (exact) mass is 284 g/mol. The standard InChI is InChI=1S/C17H17FN2O/c18-14-8-2-3-9-15(14)19-17(21)12-20-11-5-7-13-6-1-4-10-16(13)20/h1-4,6,8-10H,5,7,11-12H2,(H,19,21). The number of para-hydroxylation sites is 2. The fourth-order valence-corrected chi connectivity index (χ4v) is 2.70. The summed E-state index contributed by atoms with van der Waals surface area (Å²) in [4.78, 5) is 14.2. The Balaban J connectivity index is 1.70. The van der Waals surface area contributed by atoms with Gasteiger partial charge in [0, 0.05) is 12.2 Å². The number of anilines is 2. The topological polar surface area (TPSA) is 32.3 Å². The maximum absolute atomic E-state index is 13.5. The van der Waals surface area contributed by atoms with E-state index in [2.05, 4.69) is 16.3 Å². The van der Waals surface area contributed by atoms with Crippen LogP contribution in [0, 0.1) is 5.82 Å². The first-order valence-electron chi connectivity index (χ1n) is 7.11. The lowest BCUT2D eigenvalue weighted by Crippen LogP contribution is -2.36. The number of nitrogens with one attached hydrogen (secondary N) is 1. The van der Waals surface area contributed by atoms with Crippen LogP contribution in [-0.2, 0) is 11.2 Å². The van der Waals surface area contributed by atoms with E-state index in [4.69, 9.17) is 0 Å². The SMILES string of the molecule is O=C(CN1CCCc2ccccc21)Nc1ccccc1F. The average molecular weight is 284 g/mol. The number of rotatable bonds is 3. The van der Waals surface area contributed by atoms with E-state index in [9.17, 15) is 9.18 Å². The van der Waals surface area contributed by atoms with Gasteiger partial charge in [-0.15, -0.1) is 0 Å². The number of halogens is 1. The van der Waals surface area contributed by atoms with E-state index in [1.165, 1.54) is 11.6 Å². The van der Waals surface area contributed by atoms with Crippen molar-refractivity contribution in [2.24, 2.45) is 0 Å². The Morgan fingerprint density at radius 2 is 1.90 bits per heavy atom. The van der Waals surface area contributed by atoms with Crippen LogP contribution in [0.3, 0.4) is 0 Å². The molecule has 1 heterocycles. The van der Waals surface area contributed by atoms with Gasteiger partial charge in [0.05, 0.1) is 12.2 Å². The Morgan fingerprint density at radius 1 is 1.14 bits per heavy atom. The van der Waals surface area contributed by atoms with E-state index >= 15 is 0 Å². The molecule has 2 aromatic rings. The molecule has 0 radical (unpaired) electrons. The lowest BCUT2D eigenvalue weighted by molar-refractivity contribution is -0.115. The molecule has 0 fully saturated rings. The summed E-state index contributed by atoms with van der Waals surface area (Å²) in [5.41, 5.74) is 2.60. The number of aryl methyl sites for hydroxylation is 1. The van der Waals surface area contributed by atoms with Gasteiger partial charge in [-0.2, -0.15) is 0 Å². The summed E-state index contributed by atoms with van der Waals surface area (Å²) in [7, 11) is 0. The van der Waals surface area contributed by atoms with E-state index in [0.717, 1.165) is 25.1 Å². The molecular weight excluding hydrogens is 267 g/mol. The van der Waals surface area contributed by atoms with E-state index in [1.54, 1.807) is 18.2 Å². The molecule has 1 aliphatic heterocycles. The summed E-state index contributed by atoms with van der Waals surface area (Å²) in [6, 6.07) is 14.3.